The molecule has 0 saturated heterocycles. The highest BCUT2D eigenvalue weighted by Gasteiger charge is 2.19. The lowest BCUT2D eigenvalue weighted by molar-refractivity contribution is -0.120. The molecule has 19 heavy (non-hydrogen) atoms. The van der Waals surface area contributed by atoms with E-state index >= 15 is 0 Å². The Hall–Kier alpha value is -1.06. The zero-order chi connectivity index (χ0) is 13.7. The van der Waals surface area contributed by atoms with Gasteiger partial charge in [0.25, 0.3) is 0 Å². The van der Waals surface area contributed by atoms with Crippen LogP contribution in [0, 0.1) is 5.92 Å². The van der Waals surface area contributed by atoms with Gasteiger partial charge in [0.15, 0.2) is 0 Å². The van der Waals surface area contributed by atoms with Gasteiger partial charge in [-0.05, 0) is 43.2 Å². The number of nitrogens with one attached hydrogen (secondary N) is 1. The topological polar surface area (TPSA) is 49.3 Å². The molecule has 104 valence electrons. The van der Waals surface area contributed by atoms with Crippen LogP contribution in [0.4, 0.5) is 0 Å². The van der Waals surface area contributed by atoms with Crippen LogP contribution in [0.25, 0.3) is 0 Å². The summed E-state index contributed by atoms with van der Waals surface area (Å²) in [6.45, 7) is 0.704. The predicted octanol–water partition coefficient (Wildman–Crippen LogP) is 2.55. The molecule has 4 heteroatoms. The molecule has 0 aliphatic heterocycles. The molecule has 0 bridgehead atoms. The molecule has 0 radical (unpaired) electrons. The molecular weight excluding hydrogens is 262 g/mol. The van der Waals surface area contributed by atoms with E-state index in [1.165, 1.54) is 0 Å². The average Bonchev–Trinajstić information content (AvgIpc) is 2.41. The van der Waals surface area contributed by atoms with Crippen LogP contribution in [0.5, 0.6) is 0 Å². The van der Waals surface area contributed by atoms with Gasteiger partial charge in [0.05, 0.1) is 12.5 Å². The molecule has 1 aromatic rings. The first-order valence-electron chi connectivity index (χ1n) is 6.83. The Balaban J connectivity index is 1.74. The molecule has 0 unspecified atom stereocenters. The van der Waals surface area contributed by atoms with Crippen LogP contribution >= 0.6 is 11.6 Å². The van der Waals surface area contributed by atoms with Crippen molar-refractivity contribution in [2.24, 2.45) is 5.92 Å². The number of amides is 1. The Morgan fingerprint density at radius 1 is 1.26 bits per heavy atom. The van der Waals surface area contributed by atoms with Crippen molar-refractivity contribution >= 4 is 17.5 Å². The molecule has 2 rings (SSSR count). The van der Waals surface area contributed by atoms with E-state index in [9.17, 15) is 9.90 Å². The molecule has 2 N–H and O–H groups in total. The molecule has 1 aromatic carbocycles. The predicted molar refractivity (Wildman–Crippen MR) is 76.1 cm³/mol. The van der Waals surface area contributed by atoms with Gasteiger partial charge < -0.3 is 10.4 Å². The zero-order valence-electron chi connectivity index (χ0n) is 10.9. The van der Waals surface area contributed by atoms with E-state index < -0.39 is 0 Å². The molecule has 0 atom stereocenters. The maximum Gasteiger partial charge on any atom is 0.224 e. The van der Waals surface area contributed by atoms with Gasteiger partial charge in [-0.2, -0.15) is 0 Å². The number of benzene rings is 1. The summed E-state index contributed by atoms with van der Waals surface area (Å²) in [5.74, 6) is 0.512. The van der Waals surface area contributed by atoms with Crippen molar-refractivity contribution in [3.05, 3.63) is 34.9 Å². The molecule has 0 aromatic heterocycles. The summed E-state index contributed by atoms with van der Waals surface area (Å²) in [5.41, 5.74) is 0.862. The Morgan fingerprint density at radius 2 is 1.95 bits per heavy atom. The van der Waals surface area contributed by atoms with Crippen LogP contribution in [-0.2, 0) is 11.2 Å². The number of rotatable bonds is 4. The maximum absolute atomic E-state index is 11.9. The number of carbonyl (C=O) groups is 1. The van der Waals surface area contributed by atoms with Gasteiger partial charge in [0.2, 0.25) is 5.91 Å². The lowest BCUT2D eigenvalue weighted by Gasteiger charge is -2.25. The van der Waals surface area contributed by atoms with Crippen molar-refractivity contribution in [2.45, 2.75) is 38.2 Å². The molecule has 3 nitrogen and oxygen atoms in total. The SMILES string of the molecule is O=C(Cc1ccccc1Cl)NCC1CCC(O)CC1. The third-order valence-electron chi connectivity index (χ3n) is 3.71. The number of hydrogen-bond donors (Lipinski definition) is 2. The smallest absolute Gasteiger partial charge is 0.224 e. The summed E-state index contributed by atoms with van der Waals surface area (Å²) in [5, 5.41) is 13.0. The second kappa shape index (κ2) is 6.92. The van der Waals surface area contributed by atoms with Crippen LogP contribution in [0.1, 0.15) is 31.2 Å². The van der Waals surface area contributed by atoms with Gasteiger partial charge in [-0.25, -0.2) is 0 Å². The quantitative estimate of drug-likeness (QED) is 0.891. The first-order valence-corrected chi connectivity index (χ1v) is 7.21. The number of aliphatic hydroxyl groups is 1. The minimum Gasteiger partial charge on any atom is -0.393 e. The van der Waals surface area contributed by atoms with E-state index in [2.05, 4.69) is 5.32 Å². The summed E-state index contributed by atoms with van der Waals surface area (Å²) in [4.78, 5) is 11.9. The maximum atomic E-state index is 11.9. The van der Waals surface area contributed by atoms with E-state index in [0.717, 1.165) is 31.2 Å². The highest BCUT2D eigenvalue weighted by molar-refractivity contribution is 6.31. The highest BCUT2D eigenvalue weighted by Crippen LogP contribution is 2.23. The zero-order valence-corrected chi connectivity index (χ0v) is 11.7. The van der Waals surface area contributed by atoms with Crippen molar-refractivity contribution in [3.8, 4) is 0 Å². The molecule has 1 saturated carbocycles. The first-order chi connectivity index (χ1) is 9.15. The Bertz CT molecular complexity index is 428. The third kappa shape index (κ3) is 4.51. The van der Waals surface area contributed by atoms with Crippen molar-refractivity contribution in [2.75, 3.05) is 6.54 Å². The molecule has 0 spiro atoms. The van der Waals surface area contributed by atoms with Crippen LogP contribution < -0.4 is 5.32 Å². The molecule has 1 aliphatic rings. The fraction of sp³-hybridized carbons (Fsp3) is 0.533. The largest absolute Gasteiger partial charge is 0.393 e. The van der Waals surface area contributed by atoms with E-state index in [0.29, 0.717) is 23.9 Å². The minimum atomic E-state index is -0.143. The molecule has 1 amide bonds. The van der Waals surface area contributed by atoms with Gasteiger partial charge in [-0.1, -0.05) is 29.8 Å². The Labute approximate surface area is 119 Å². The van der Waals surface area contributed by atoms with E-state index in [1.807, 2.05) is 18.2 Å². The normalized spacial score (nSPS) is 23.1. The molecule has 1 aliphatic carbocycles. The molecule has 0 heterocycles. The summed E-state index contributed by atoms with van der Waals surface area (Å²) in [7, 11) is 0. The summed E-state index contributed by atoms with van der Waals surface area (Å²) < 4.78 is 0. The Kier molecular flexibility index (Phi) is 5.23. The van der Waals surface area contributed by atoms with Crippen LogP contribution in [0.2, 0.25) is 5.02 Å². The van der Waals surface area contributed by atoms with Gasteiger partial charge in [-0.15, -0.1) is 0 Å². The second-order valence-corrected chi connectivity index (χ2v) is 5.65. The third-order valence-corrected chi connectivity index (χ3v) is 4.08. The number of hydrogen-bond acceptors (Lipinski definition) is 2. The fourth-order valence-corrected chi connectivity index (χ4v) is 2.69. The lowest BCUT2D eigenvalue weighted by Crippen LogP contribution is -2.33. The second-order valence-electron chi connectivity index (χ2n) is 5.25. The highest BCUT2D eigenvalue weighted by atomic mass is 35.5. The molecular formula is C15H20ClNO2. The van der Waals surface area contributed by atoms with Gasteiger partial charge in [0, 0.05) is 11.6 Å². The van der Waals surface area contributed by atoms with Crippen LogP contribution in [0.3, 0.4) is 0 Å². The van der Waals surface area contributed by atoms with Crippen molar-refractivity contribution in [1.29, 1.82) is 0 Å². The van der Waals surface area contributed by atoms with Gasteiger partial charge in [0.1, 0.15) is 0 Å². The van der Waals surface area contributed by atoms with Gasteiger partial charge >= 0.3 is 0 Å². The fourth-order valence-electron chi connectivity index (χ4n) is 2.48. The summed E-state index contributed by atoms with van der Waals surface area (Å²) in [6.07, 6.45) is 3.88. The van der Waals surface area contributed by atoms with Gasteiger partial charge in [-0.3, -0.25) is 4.79 Å². The van der Waals surface area contributed by atoms with E-state index in [1.54, 1.807) is 6.07 Å². The standard InChI is InChI=1S/C15H20ClNO2/c16-14-4-2-1-3-12(14)9-15(19)17-10-11-5-7-13(18)8-6-11/h1-4,11,13,18H,5-10H2,(H,17,19). The van der Waals surface area contributed by atoms with Crippen molar-refractivity contribution < 1.29 is 9.90 Å². The average molecular weight is 282 g/mol. The summed E-state index contributed by atoms with van der Waals surface area (Å²) in [6, 6.07) is 7.42. The van der Waals surface area contributed by atoms with E-state index in [-0.39, 0.29) is 12.0 Å². The Morgan fingerprint density at radius 3 is 2.63 bits per heavy atom. The number of halogens is 1. The lowest BCUT2D eigenvalue weighted by atomic mass is 9.87. The van der Waals surface area contributed by atoms with E-state index in [4.69, 9.17) is 11.6 Å². The summed E-state index contributed by atoms with van der Waals surface area (Å²) >= 11 is 6.03. The monoisotopic (exact) mass is 281 g/mol. The molecule has 1 fully saturated rings. The number of carbonyl (C=O) groups excluding carboxylic acids is 1. The van der Waals surface area contributed by atoms with Crippen molar-refractivity contribution in [1.82, 2.24) is 5.32 Å². The first kappa shape index (κ1) is 14.4. The van der Waals surface area contributed by atoms with Crippen molar-refractivity contribution in [3.63, 3.8) is 0 Å². The van der Waals surface area contributed by atoms with Crippen LogP contribution in [-0.4, -0.2) is 23.7 Å². The van der Waals surface area contributed by atoms with Crippen LogP contribution in [0.15, 0.2) is 24.3 Å². The number of aliphatic hydroxyl groups excluding tert-OH is 1. The minimum absolute atomic E-state index is 0.0132.